The zero-order valence-electron chi connectivity index (χ0n) is 10.7. The summed E-state index contributed by atoms with van der Waals surface area (Å²) in [5.74, 6) is 1.51. The third-order valence-electron chi connectivity index (χ3n) is 3.32. The molecule has 0 saturated carbocycles. The van der Waals surface area contributed by atoms with Crippen molar-refractivity contribution >= 4 is 23.2 Å². The Morgan fingerprint density at radius 2 is 2.10 bits per heavy atom. The highest BCUT2D eigenvalue weighted by Crippen LogP contribution is 2.33. The summed E-state index contributed by atoms with van der Waals surface area (Å²) in [6.07, 6.45) is 3.95. The van der Waals surface area contributed by atoms with Crippen LogP contribution in [-0.2, 0) is 0 Å². The Kier molecular flexibility index (Phi) is 4.15. The van der Waals surface area contributed by atoms with Crippen molar-refractivity contribution in [2.45, 2.75) is 12.5 Å². The first kappa shape index (κ1) is 13.7. The Morgan fingerprint density at radius 1 is 1.30 bits per heavy atom. The summed E-state index contributed by atoms with van der Waals surface area (Å²) < 4.78 is 11.5. The van der Waals surface area contributed by atoms with Gasteiger partial charge in [0.1, 0.15) is 12.0 Å². The number of halogens is 2. The van der Waals surface area contributed by atoms with Crippen LogP contribution in [0.5, 0.6) is 5.75 Å². The van der Waals surface area contributed by atoms with Crippen molar-refractivity contribution in [2.24, 2.45) is 5.92 Å². The molecule has 1 saturated heterocycles. The van der Waals surface area contributed by atoms with Crippen molar-refractivity contribution in [1.29, 1.82) is 0 Å². The maximum atomic E-state index is 6.04. The average Bonchev–Trinajstić information content (AvgIpc) is 3.08. The van der Waals surface area contributed by atoms with Crippen molar-refractivity contribution in [2.75, 3.05) is 13.1 Å². The second-order valence-electron chi connectivity index (χ2n) is 4.77. The Labute approximate surface area is 127 Å². The highest BCUT2D eigenvalue weighted by Gasteiger charge is 2.31. The van der Waals surface area contributed by atoms with Crippen molar-refractivity contribution < 1.29 is 9.15 Å². The molecule has 0 radical (unpaired) electrons. The predicted octanol–water partition coefficient (Wildman–Crippen LogP) is 3.71. The van der Waals surface area contributed by atoms with Crippen molar-refractivity contribution in [3.63, 3.8) is 0 Å². The first-order chi connectivity index (χ1) is 9.72. The normalized spacial score (nSPS) is 20.0. The van der Waals surface area contributed by atoms with E-state index in [9.17, 15) is 0 Å². The number of hydrogen-bond donors (Lipinski definition) is 1. The van der Waals surface area contributed by atoms with E-state index in [4.69, 9.17) is 32.4 Å². The number of aromatic nitrogens is 1. The van der Waals surface area contributed by atoms with Gasteiger partial charge in [0.05, 0.1) is 6.20 Å². The summed E-state index contributed by atoms with van der Waals surface area (Å²) in [4.78, 5) is 4.22. The van der Waals surface area contributed by atoms with Crippen LogP contribution in [0.3, 0.4) is 0 Å². The molecule has 0 unspecified atom stereocenters. The van der Waals surface area contributed by atoms with Crippen LogP contribution < -0.4 is 10.1 Å². The van der Waals surface area contributed by atoms with Gasteiger partial charge in [0.2, 0.25) is 5.89 Å². The summed E-state index contributed by atoms with van der Waals surface area (Å²) >= 11 is 12.0. The molecule has 6 heteroatoms. The molecule has 0 spiro atoms. The van der Waals surface area contributed by atoms with E-state index < -0.39 is 0 Å². The van der Waals surface area contributed by atoms with E-state index in [0.29, 0.717) is 27.6 Å². The van der Waals surface area contributed by atoms with E-state index in [-0.39, 0.29) is 6.10 Å². The molecule has 106 valence electrons. The zero-order valence-corrected chi connectivity index (χ0v) is 12.2. The predicted molar refractivity (Wildman–Crippen MR) is 77.3 cm³/mol. The SMILES string of the molecule is Clc1cc(Cl)cc(O[C@@H](c2ncco2)[C@H]2CCNC2)c1. The molecule has 0 aliphatic carbocycles. The number of nitrogens with one attached hydrogen (secondary N) is 1. The van der Waals surface area contributed by atoms with Gasteiger partial charge in [-0.3, -0.25) is 0 Å². The van der Waals surface area contributed by atoms with E-state index in [2.05, 4.69) is 10.3 Å². The summed E-state index contributed by atoms with van der Waals surface area (Å²) in [5.41, 5.74) is 0. The lowest BCUT2D eigenvalue weighted by Crippen LogP contribution is -2.21. The number of hydrogen-bond acceptors (Lipinski definition) is 4. The van der Waals surface area contributed by atoms with Gasteiger partial charge in [-0.15, -0.1) is 0 Å². The summed E-state index contributed by atoms with van der Waals surface area (Å²) in [7, 11) is 0. The van der Waals surface area contributed by atoms with Crippen LogP contribution in [-0.4, -0.2) is 18.1 Å². The molecular weight excluding hydrogens is 299 g/mol. The lowest BCUT2D eigenvalue weighted by atomic mass is 10.0. The van der Waals surface area contributed by atoms with E-state index in [0.717, 1.165) is 19.5 Å². The summed E-state index contributed by atoms with van der Waals surface area (Å²) in [5, 5.41) is 4.41. The number of benzene rings is 1. The molecule has 0 bridgehead atoms. The quantitative estimate of drug-likeness (QED) is 0.935. The van der Waals surface area contributed by atoms with Gasteiger partial charge >= 0.3 is 0 Å². The molecule has 1 aromatic carbocycles. The fourth-order valence-electron chi connectivity index (χ4n) is 2.40. The van der Waals surface area contributed by atoms with E-state index >= 15 is 0 Å². The van der Waals surface area contributed by atoms with Gasteiger partial charge in [0, 0.05) is 22.5 Å². The van der Waals surface area contributed by atoms with Crippen LogP contribution in [0.15, 0.2) is 35.1 Å². The Morgan fingerprint density at radius 3 is 2.70 bits per heavy atom. The molecule has 0 amide bonds. The standard InChI is InChI=1S/C14H14Cl2N2O2/c15-10-5-11(16)7-12(6-10)20-13(9-1-2-17-8-9)14-18-3-4-19-14/h3-7,9,13,17H,1-2,8H2/t9-,13+/m0/s1. The minimum Gasteiger partial charge on any atom is -0.480 e. The van der Waals surface area contributed by atoms with Crippen LogP contribution >= 0.6 is 23.2 Å². The largest absolute Gasteiger partial charge is 0.480 e. The molecule has 2 aromatic rings. The molecule has 2 atom stereocenters. The highest BCUT2D eigenvalue weighted by atomic mass is 35.5. The summed E-state index contributed by atoms with van der Waals surface area (Å²) in [6, 6.07) is 5.16. The molecule has 1 aliphatic rings. The molecule has 20 heavy (non-hydrogen) atoms. The van der Waals surface area contributed by atoms with Crippen molar-refractivity contribution in [3.05, 3.63) is 46.6 Å². The third kappa shape index (κ3) is 3.08. The second-order valence-corrected chi connectivity index (χ2v) is 5.64. The lowest BCUT2D eigenvalue weighted by molar-refractivity contribution is 0.114. The zero-order chi connectivity index (χ0) is 13.9. The topological polar surface area (TPSA) is 47.3 Å². The number of nitrogens with zero attached hydrogens (tertiary/aromatic N) is 1. The van der Waals surface area contributed by atoms with E-state index in [1.165, 1.54) is 0 Å². The number of oxazole rings is 1. The van der Waals surface area contributed by atoms with Crippen molar-refractivity contribution in [1.82, 2.24) is 10.3 Å². The molecule has 3 rings (SSSR count). The van der Waals surface area contributed by atoms with Gasteiger partial charge in [-0.2, -0.15) is 0 Å². The molecule has 2 heterocycles. The van der Waals surface area contributed by atoms with Gasteiger partial charge in [-0.05, 0) is 31.2 Å². The Bertz CT molecular complexity index is 548. The van der Waals surface area contributed by atoms with Crippen LogP contribution in [0.2, 0.25) is 10.0 Å². The van der Waals surface area contributed by atoms with Gasteiger partial charge in [0.25, 0.3) is 0 Å². The smallest absolute Gasteiger partial charge is 0.235 e. The van der Waals surface area contributed by atoms with Crippen LogP contribution in [0.4, 0.5) is 0 Å². The maximum absolute atomic E-state index is 6.04. The average molecular weight is 313 g/mol. The van der Waals surface area contributed by atoms with Crippen LogP contribution in [0.25, 0.3) is 0 Å². The Hall–Kier alpha value is -1.23. The highest BCUT2D eigenvalue weighted by molar-refractivity contribution is 6.34. The fourth-order valence-corrected chi connectivity index (χ4v) is 2.91. The first-order valence-corrected chi connectivity index (χ1v) is 7.21. The molecular formula is C14H14Cl2N2O2. The second kappa shape index (κ2) is 6.04. The number of rotatable bonds is 4. The minimum atomic E-state index is -0.241. The lowest BCUT2D eigenvalue weighted by Gasteiger charge is -2.21. The van der Waals surface area contributed by atoms with Crippen molar-refractivity contribution in [3.8, 4) is 5.75 Å². The Balaban J connectivity index is 1.85. The maximum Gasteiger partial charge on any atom is 0.235 e. The first-order valence-electron chi connectivity index (χ1n) is 6.45. The molecule has 1 N–H and O–H groups in total. The van der Waals surface area contributed by atoms with Crippen LogP contribution in [0, 0.1) is 5.92 Å². The molecule has 4 nitrogen and oxygen atoms in total. The third-order valence-corrected chi connectivity index (χ3v) is 3.76. The van der Waals surface area contributed by atoms with E-state index in [1.54, 1.807) is 30.7 Å². The van der Waals surface area contributed by atoms with Gasteiger partial charge in [-0.25, -0.2) is 4.98 Å². The summed E-state index contributed by atoms with van der Waals surface area (Å²) in [6.45, 7) is 1.85. The molecule has 1 fully saturated rings. The van der Waals surface area contributed by atoms with Gasteiger partial charge in [0.15, 0.2) is 6.10 Å². The monoisotopic (exact) mass is 312 g/mol. The van der Waals surface area contributed by atoms with E-state index in [1.807, 2.05) is 0 Å². The minimum absolute atomic E-state index is 0.241. The van der Waals surface area contributed by atoms with Crippen LogP contribution in [0.1, 0.15) is 18.4 Å². The molecule has 1 aromatic heterocycles. The number of ether oxygens (including phenoxy) is 1. The van der Waals surface area contributed by atoms with Gasteiger partial charge < -0.3 is 14.5 Å². The fraction of sp³-hybridized carbons (Fsp3) is 0.357. The molecule has 1 aliphatic heterocycles. The van der Waals surface area contributed by atoms with Gasteiger partial charge in [-0.1, -0.05) is 23.2 Å².